The maximum absolute atomic E-state index is 12.8. The standard InChI is InChI=1S/C22H27ClN4O2/c1-16-6-7-18(14-17(16)2)21(28)26-22(25-20-5-3-4-19(23)15-20)24-8-9-27-10-12-29-13-11-27/h3-7,14-15H,8-13H2,1-2H3,(H2,24,25,26,28). The molecule has 0 radical (unpaired) electrons. The highest BCUT2D eigenvalue weighted by molar-refractivity contribution is 6.31. The fourth-order valence-electron chi connectivity index (χ4n) is 3.00. The predicted molar refractivity (Wildman–Crippen MR) is 118 cm³/mol. The number of hydrogen-bond donors (Lipinski definition) is 2. The molecule has 1 saturated heterocycles. The normalized spacial score (nSPS) is 15.2. The van der Waals surface area contributed by atoms with Crippen LogP contribution in [0.5, 0.6) is 0 Å². The van der Waals surface area contributed by atoms with Gasteiger partial charge < -0.3 is 10.1 Å². The fraction of sp³-hybridized carbons (Fsp3) is 0.364. The zero-order valence-electron chi connectivity index (χ0n) is 16.9. The Morgan fingerprint density at radius 2 is 1.93 bits per heavy atom. The summed E-state index contributed by atoms with van der Waals surface area (Å²) in [6.45, 7) is 8.70. The molecule has 2 aromatic rings. The van der Waals surface area contributed by atoms with Crippen molar-refractivity contribution in [1.29, 1.82) is 0 Å². The van der Waals surface area contributed by atoms with E-state index in [2.05, 4.69) is 20.5 Å². The van der Waals surface area contributed by atoms with Gasteiger partial charge in [0.25, 0.3) is 5.91 Å². The molecule has 3 rings (SSSR count). The molecular formula is C22H27ClN4O2. The molecule has 0 bridgehead atoms. The molecule has 0 unspecified atom stereocenters. The van der Waals surface area contributed by atoms with Crippen LogP contribution in [-0.4, -0.2) is 56.2 Å². The highest BCUT2D eigenvalue weighted by atomic mass is 35.5. The van der Waals surface area contributed by atoms with E-state index in [1.807, 2.05) is 44.2 Å². The van der Waals surface area contributed by atoms with Gasteiger partial charge in [-0.2, -0.15) is 0 Å². The predicted octanol–water partition coefficient (Wildman–Crippen LogP) is 3.49. The lowest BCUT2D eigenvalue weighted by Crippen LogP contribution is -2.39. The van der Waals surface area contributed by atoms with E-state index in [1.54, 1.807) is 12.1 Å². The first-order chi connectivity index (χ1) is 14.0. The summed E-state index contributed by atoms with van der Waals surface area (Å²) in [6, 6.07) is 13.0. The van der Waals surface area contributed by atoms with Gasteiger partial charge in [0.2, 0.25) is 5.96 Å². The van der Waals surface area contributed by atoms with Crippen molar-refractivity contribution in [1.82, 2.24) is 10.2 Å². The van der Waals surface area contributed by atoms with E-state index in [9.17, 15) is 4.79 Å². The average Bonchev–Trinajstić information content (AvgIpc) is 2.71. The third kappa shape index (κ3) is 6.56. The van der Waals surface area contributed by atoms with Crippen LogP contribution >= 0.6 is 11.6 Å². The number of nitrogens with zero attached hydrogens (tertiary/aromatic N) is 2. The number of aliphatic imine (C=N–C) groups is 1. The number of carbonyl (C=O) groups is 1. The molecule has 1 aliphatic rings. The number of aryl methyl sites for hydroxylation is 2. The van der Waals surface area contributed by atoms with Crippen LogP contribution in [0.4, 0.5) is 5.69 Å². The number of nitrogens with one attached hydrogen (secondary N) is 2. The zero-order valence-corrected chi connectivity index (χ0v) is 17.6. The summed E-state index contributed by atoms with van der Waals surface area (Å²) >= 11 is 6.08. The van der Waals surface area contributed by atoms with Gasteiger partial charge in [0.05, 0.1) is 19.8 Å². The van der Waals surface area contributed by atoms with Crippen LogP contribution in [-0.2, 0) is 4.74 Å². The molecule has 0 atom stereocenters. The molecule has 6 nitrogen and oxygen atoms in total. The number of guanidine groups is 1. The summed E-state index contributed by atoms with van der Waals surface area (Å²) in [7, 11) is 0. The fourth-order valence-corrected chi connectivity index (χ4v) is 3.19. The second-order valence-corrected chi connectivity index (χ2v) is 7.51. The average molecular weight is 415 g/mol. The van der Waals surface area contributed by atoms with Gasteiger partial charge in [-0.05, 0) is 55.3 Å². The molecule has 1 heterocycles. The third-order valence-corrected chi connectivity index (χ3v) is 5.11. The summed E-state index contributed by atoms with van der Waals surface area (Å²) < 4.78 is 5.38. The minimum absolute atomic E-state index is 0.201. The largest absolute Gasteiger partial charge is 0.379 e. The Kier molecular flexibility index (Phi) is 7.63. The van der Waals surface area contributed by atoms with Crippen molar-refractivity contribution in [3.05, 3.63) is 64.2 Å². The maximum atomic E-state index is 12.8. The Balaban J connectivity index is 1.70. The highest BCUT2D eigenvalue weighted by Crippen LogP contribution is 2.15. The molecule has 0 spiro atoms. The van der Waals surface area contributed by atoms with Crippen molar-refractivity contribution in [3.8, 4) is 0 Å². The van der Waals surface area contributed by atoms with Gasteiger partial charge in [0.15, 0.2) is 0 Å². The van der Waals surface area contributed by atoms with Crippen molar-refractivity contribution in [3.63, 3.8) is 0 Å². The number of hydrogen-bond acceptors (Lipinski definition) is 4. The molecule has 7 heteroatoms. The minimum atomic E-state index is -0.201. The highest BCUT2D eigenvalue weighted by Gasteiger charge is 2.12. The maximum Gasteiger partial charge on any atom is 0.257 e. The lowest BCUT2D eigenvalue weighted by molar-refractivity contribution is 0.0394. The van der Waals surface area contributed by atoms with Crippen molar-refractivity contribution in [2.24, 2.45) is 4.99 Å². The molecule has 2 aromatic carbocycles. The topological polar surface area (TPSA) is 66.0 Å². The van der Waals surface area contributed by atoms with Gasteiger partial charge in [-0.1, -0.05) is 23.7 Å². The molecule has 2 N–H and O–H groups in total. The summed E-state index contributed by atoms with van der Waals surface area (Å²) in [5.74, 6) is 0.205. The first kappa shape index (κ1) is 21.3. The van der Waals surface area contributed by atoms with Crippen molar-refractivity contribution in [2.75, 3.05) is 44.7 Å². The number of anilines is 1. The molecule has 0 saturated carbocycles. The van der Waals surface area contributed by atoms with Crippen LogP contribution in [0.15, 0.2) is 47.5 Å². The number of halogens is 1. The van der Waals surface area contributed by atoms with E-state index in [0.29, 0.717) is 23.1 Å². The molecule has 1 fully saturated rings. The molecule has 154 valence electrons. The number of morpholine rings is 1. The van der Waals surface area contributed by atoms with Crippen molar-refractivity contribution >= 4 is 29.2 Å². The van der Waals surface area contributed by atoms with E-state index in [-0.39, 0.29) is 5.91 Å². The Morgan fingerprint density at radius 1 is 1.14 bits per heavy atom. The summed E-state index contributed by atoms with van der Waals surface area (Å²) in [4.78, 5) is 19.7. The van der Waals surface area contributed by atoms with Gasteiger partial charge in [0, 0.05) is 35.9 Å². The Hall–Kier alpha value is -2.41. The Labute approximate surface area is 176 Å². The van der Waals surface area contributed by atoms with E-state index in [0.717, 1.165) is 49.7 Å². The van der Waals surface area contributed by atoms with Gasteiger partial charge in [-0.3, -0.25) is 20.0 Å². The number of amides is 1. The molecule has 1 aliphatic heterocycles. The molecule has 29 heavy (non-hydrogen) atoms. The van der Waals surface area contributed by atoms with E-state index in [4.69, 9.17) is 16.3 Å². The minimum Gasteiger partial charge on any atom is -0.379 e. The van der Waals surface area contributed by atoms with Crippen LogP contribution in [0.2, 0.25) is 5.02 Å². The first-order valence-corrected chi connectivity index (χ1v) is 10.1. The monoisotopic (exact) mass is 414 g/mol. The molecule has 1 amide bonds. The third-order valence-electron chi connectivity index (χ3n) is 4.88. The molecular weight excluding hydrogens is 388 g/mol. The van der Waals surface area contributed by atoms with E-state index < -0.39 is 0 Å². The van der Waals surface area contributed by atoms with Crippen LogP contribution in [0.25, 0.3) is 0 Å². The van der Waals surface area contributed by atoms with E-state index >= 15 is 0 Å². The number of rotatable bonds is 5. The van der Waals surface area contributed by atoms with Crippen LogP contribution in [0, 0.1) is 13.8 Å². The van der Waals surface area contributed by atoms with Crippen molar-refractivity contribution < 1.29 is 9.53 Å². The van der Waals surface area contributed by atoms with Gasteiger partial charge in [0.1, 0.15) is 0 Å². The second-order valence-electron chi connectivity index (χ2n) is 7.07. The van der Waals surface area contributed by atoms with Crippen LogP contribution in [0.1, 0.15) is 21.5 Å². The second kappa shape index (κ2) is 10.4. The smallest absolute Gasteiger partial charge is 0.257 e. The van der Waals surface area contributed by atoms with Gasteiger partial charge in [-0.25, -0.2) is 0 Å². The summed E-state index contributed by atoms with van der Waals surface area (Å²) in [6.07, 6.45) is 0. The number of ether oxygens (including phenoxy) is 1. The van der Waals surface area contributed by atoms with Crippen molar-refractivity contribution in [2.45, 2.75) is 13.8 Å². The number of benzene rings is 2. The van der Waals surface area contributed by atoms with E-state index in [1.165, 1.54) is 0 Å². The number of carbonyl (C=O) groups excluding carboxylic acids is 1. The van der Waals surface area contributed by atoms with Crippen LogP contribution < -0.4 is 10.6 Å². The first-order valence-electron chi connectivity index (χ1n) is 9.77. The van der Waals surface area contributed by atoms with Gasteiger partial charge in [-0.15, -0.1) is 0 Å². The quantitative estimate of drug-likeness (QED) is 0.580. The molecule has 0 aliphatic carbocycles. The van der Waals surface area contributed by atoms with Gasteiger partial charge >= 0.3 is 0 Å². The SMILES string of the molecule is Cc1ccc(C(=O)NC(=NCCN2CCOCC2)Nc2cccc(Cl)c2)cc1C. The lowest BCUT2D eigenvalue weighted by Gasteiger charge is -2.25. The van der Waals surface area contributed by atoms with Crippen LogP contribution in [0.3, 0.4) is 0 Å². The molecule has 0 aromatic heterocycles. The summed E-state index contributed by atoms with van der Waals surface area (Å²) in [5.41, 5.74) is 3.59. The Morgan fingerprint density at radius 3 is 2.66 bits per heavy atom. The lowest BCUT2D eigenvalue weighted by atomic mass is 10.1. The Bertz CT molecular complexity index is 879. The summed E-state index contributed by atoms with van der Waals surface area (Å²) in [5, 5.41) is 6.69. The zero-order chi connectivity index (χ0) is 20.6.